The summed E-state index contributed by atoms with van der Waals surface area (Å²) in [5, 5.41) is 17.3. The molecule has 5 rings (SSSR count). The Morgan fingerprint density at radius 3 is 2.63 bits per heavy atom. The summed E-state index contributed by atoms with van der Waals surface area (Å²) in [7, 11) is 0. The highest BCUT2D eigenvalue weighted by Crippen LogP contribution is 2.32. The summed E-state index contributed by atoms with van der Waals surface area (Å²) in [6.45, 7) is 5.79. The van der Waals surface area contributed by atoms with E-state index in [2.05, 4.69) is 29.5 Å². The molecule has 4 aromatic rings. The third-order valence-electron chi connectivity index (χ3n) is 6.55. The highest BCUT2D eigenvalue weighted by atomic mass is 32.1. The normalized spacial score (nSPS) is 13.2. The van der Waals surface area contributed by atoms with E-state index in [-0.39, 0.29) is 16.4 Å². The maximum atomic E-state index is 12.8. The van der Waals surface area contributed by atoms with Crippen molar-refractivity contribution in [3.05, 3.63) is 81.9 Å². The zero-order valence-electron chi connectivity index (χ0n) is 21.1. The molecular formula is C28H27N5O4S. The van der Waals surface area contributed by atoms with E-state index in [4.69, 9.17) is 16.6 Å². The molecule has 2 heterocycles. The predicted octanol–water partition coefficient (Wildman–Crippen LogP) is 6.25. The van der Waals surface area contributed by atoms with E-state index in [1.54, 1.807) is 18.2 Å². The number of nitrogens with one attached hydrogen (secondary N) is 2. The Hall–Kier alpha value is -4.31. The summed E-state index contributed by atoms with van der Waals surface area (Å²) in [6.07, 6.45) is 1.98. The number of nitro benzene ring substituents is 1. The average molecular weight is 530 g/mol. The Morgan fingerprint density at radius 2 is 1.89 bits per heavy atom. The van der Waals surface area contributed by atoms with Crippen molar-refractivity contribution in [1.29, 1.82) is 0 Å². The second-order valence-corrected chi connectivity index (χ2v) is 9.95. The van der Waals surface area contributed by atoms with Gasteiger partial charge in [-0.05, 0) is 79.0 Å². The molecular weight excluding hydrogens is 502 g/mol. The van der Waals surface area contributed by atoms with E-state index in [9.17, 15) is 14.9 Å². The first-order valence-corrected chi connectivity index (χ1v) is 12.9. The lowest BCUT2D eigenvalue weighted by Gasteiger charge is -2.18. The Bertz CT molecular complexity index is 1540. The van der Waals surface area contributed by atoms with Crippen molar-refractivity contribution in [2.75, 3.05) is 23.3 Å². The number of anilines is 2. The molecule has 1 amide bonds. The SMILES string of the molecule is CC(C)c1ccc2oc(-c3cccc(NC(=S)NC(=O)c4ccc(N5CCCC5)c([N+](=O)[O-])c4)c3)nc2c1. The average Bonchev–Trinajstić information content (AvgIpc) is 3.58. The molecule has 2 N–H and O–H groups in total. The van der Waals surface area contributed by atoms with Gasteiger partial charge >= 0.3 is 0 Å². The van der Waals surface area contributed by atoms with E-state index in [0.717, 1.165) is 37.0 Å². The van der Waals surface area contributed by atoms with Crippen LogP contribution in [0.2, 0.25) is 0 Å². The summed E-state index contributed by atoms with van der Waals surface area (Å²) in [5.74, 6) is 0.331. The summed E-state index contributed by atoms with van der Waals surface area (Å²) < 4.78 is 5.95. The second kappa shape index (κ2) is 10.6. The first-order chi connectivity index (χ1) is 18.3. The molecule has 1 aliphatic heterocycles. The zero-order valence-corrected chi connectivity index (χ0v) is 21.9. The number of amides is 1. The minimum Gasteiger partial charge on any atom is -0.436 e. The van der Waals surface area contributed by atoms with Gasteiger partial charge in [0.15, 0.2) is 10.7 Å². The van der Waals surface area contributed by atoms with Gasteiger partial charge in [-0.3, -0.25) is 20.2 Å². The van der Waals surface area contributed by atoms with Crippen molar-refractivity contribution in [2.24, 2.45) is 0 Å². The van der Waals surface area contributed by atoms with Crippen molar-refractivity contribution in [1.82, 2.24) is 10.3 Å². The topological polar surface area (TPSA) is 114 Å². The van der Waals surface area contributed by atoms with Gasteiger partial charge < -0.3 is 14.6 Å². The van der Waals surface area contributed by atoms with Gasteiger partial charge in [0.1, 0.15) is 11.2 Å². The van der Waals surface area contributed by atoms with Gasteiger partial charge in [-0.25, -0.2) is 4.98 Å². The van der Waals surface area contributed by atoms with Crippen LogP contribution in [0.3, 0.4) is 0 Å². The van der Waals surface area contributed by atoms with Crippen molar-refractivity contribution >= 4 is 51.4 Å². The number of aromatic nitrogens is 1. The Labute approximate surface area is 225 Å². The fraction of sp³-hybridized carbons (Fsp3) is 0.250. The highest BCUT2D eigenvalue weighted by molar-refractivity contribution is 7.80. The molecule has 1 aliphatic rings. The molecule has 3 aromatic carbocycles. The minimum absolute atomic E-state index is 0.0672. The van der Waals surface area contributed by atoms with Gasteiger partial charge in [0.05, 0.1) is 4.92 Å². The van der Waals surface area contributed by atoms with E-state index in [1.807, 2.05) is 41.3 Å². The number of hydrogen-bond acceptors (Lipinski definition) is 7. The van der Waals surface area contributed by atoms with Crippen LogP contribution < -0.4 is 15.5 Å². The Kier molecular flexibility index (Phi) is 7.06. The molecule has 194 valence electrons. The van der Waals surface area contributed by atoms with Gasteiger partial charge in [0, 0.05) is 36.0 Å². The molecule has 0 radical (unpaired) electrons. The van der Waals surface area contributed by atoms with Crippen molar-refractivity contribution in [3.63, 3.8) is 0 Å². The third-order valence-corrected chi connectivity index (χ3v) is 6.76. The molecule has 1 fully saturated rings. The largest absolute Gasteiger partial charge is 0.436 e. The summed E-state index contributed by atoms with van der Waals surface area (Å²) in [6, 6.07) is 17.8. The highest BCUT2D eigenvalue weighted by Gasteiger charge is 2.24. The fourth-order valence-corrected chi connectivity index (χ4v) is 4.74. The first-order valence-electron chi connectivity index (χ1n) is 12.4. The lowest BCUT2D eigenvalue weighted by Crippen LogP contribution is -2.34. The van der Waals surface area contributed by atoms with E-state index in [1.165, 1.54) is 11.6 Å². The number of carbonyl (C=O) groups is 1. The molecule has 10 heteroatoms. The van der Waals surface area contributed by atoms with Crippen LogP contribution in [0.15, 0.2) is 65.1 Å². The van der Waals surface area contributed by atoms with Gasteiger partial charge in [0.2, 0.25) is 5.89 Å². The van der Waals surface area contributed by atoms with E-state index in [0.29, 0.717) is 28.8 Å². The third kappa shape index (κ3) is 5.35. The molecule has 0 saturated carbocycles. The minimum atomic E-state index is -0.533. The Balaban J connectivity index is 1.29. The zero-order chi connectivity index (χ0) is 26.8. The smallest absolute Gasteiger partial charge is 0.293 e. The van der Waals surface area contributed by atoms with Gasteiger partial charge in [-0.2, -0.15) is 0 Å². The van der Waals surface area contributed by atoms with E-state index >= 15 is 0 Å². The van der Waals surface area contributed by atoms with Crippen LogP contribution in [0.5, 0.6) is 0 Å². The maximum Gasteiger partial charge on any atom is 0.293 e. The molecule has 0 bridgehead atoms. The van der Waals surface area contributed by atoms with Crippen molar-refractivity contribution in [2.45, 2.75) is 32.6 Å². The summed E-state index contributed by atoms with van der Waals surface area (Å²) >= 11 is 5.34. The second-order valence-electron chi connectivity index (χ2n) is 9.54. The van der Waals surface area contributed by atoms with Crippen LogP contribution in [-0.2, 0) is 0 Å². The molecule has 9 nitrogen and oxygen atoms in total. The first kappa shape index (κ1) is 25.3. The van der Waals surface area contributed by atoms with Crippen LogP contribution in [0.1, 0.15) is 48.5 Å². The molecule has 0 spiro atoms. The van der Waals surface area contributed by atoms with Crippen LogP contribution in [0, 0.1) is 10.1 Å². The fourth-order valence-electron chi connectivity index (χ4n) is 4.53. The quantitative estimate of drug-likeness (QED) is 0.171. The van der Waals surface area contributed by atoms with Crippen LogP contribution in [-0.4, -0.2) is 34.0 Å². The standard InChI is InChI=1S/C28H27N5O4S/c1-17(2)18-9-11-25-22(15-18)30-27(37-25)20-6-5-7-21(14-20)29-28(38)31-26(34)19-8-10-23(24(16-19)33(35)36)32-12-3-4-13-32/h5-11,14-17H,3-4,12-13H2,1-2H3,(H2,29,31,34,38). The number of rotatable bonds is 6. The number of nitro groups is 1. The maximum absolute atomic E-state index is 12.8. The van der Waals surface area contributed by atoms with Crippen LogP contribution >= 0.6 is 12.2 Å². The lowest BCUT2D eigenvalue weighted by atomic mass is 10.0. The number of oxazole rings is 1. The summed E-state index contributed by atoms with van der Waals surface area (Å²) in [4.78, 5) is 30.6. The molecule has 0 atom stereocenters. The monoisotopic (exact) mass is 529 g/mol. The number of benzene rings is 3. The molecule has 0 unspecified atom stereocenters. The number of fused-ring (bicyclic) bond motifs is 1. The molecule has 0 aliphatic carbocycles. The number of nitrogens with zero attached hydrogens (tertiary/aromatic N) is 3. The summed E-state index contributed by atoms with van der Waals surface area (Å²) in [5.41, 5.74) is 4.65. The van der Waals surface area contributed by atoms with Gasteiger partial charge in [-0.15, -0.1) is 0 Å². The van der Waals surface area contributed by atoms with Crippen molar-refractivity contribution < 1.29 is 14.1 Å². The number of carbonyl (C=O) groups excluding carboxylic acids is 1. The van der Waals surface area contributed by atoms with Crippen LogP contribution in [0.4, 0.5) is 17.1 Å². The van der Waals surface area contributed by atoms with Crippen LogP contribution in [0.25, 0.3) is 22.6 Å². The molecule has 1 saturated heterocycles. The number of hydrogen-bond donors (Lipinski definition) is 2. The van der Waals surface area contributed by atoms with Crippen molar-refractivity contribution in [3.8, 4) is 11.5 Å². The lowest BCUT2D eigenvalue weighted by molar-refractivity contribution is -0.384. The molecule has 38 heavy (non-hydrogen) atoms. The Morgan fingerprint density at radius 1 is 1.11 bits per heavy atom. The predicted molar refractivity (Wildman–Crippen MR) is 152 cm³/mol. The molecule has 1 aromatic heterocycles. The van der Waals surface area contributed by atoms with Gasteiger partial charge in [-0.1, -0.05) is 26.0 Å². The van der Waals surface area contributed by atoms with Gasteiger partial charge in [0.25, 0.3) is 11.6 Å². The van der Waals surface area contributed by atoms with E-state index < -0.39 is 10.8 Å². The number of thiocarbonyl (C=S) groups is 1.